The van der Waals surface area contributed by atoms with Gasteiger partial charge in [-0.1, -0.05) is 77.5 Å². The van der Waals surface area contributed by atoms with Crippen molar-refractivity contribution in [2.24, 2.45) is 4.99 Å². The third-order valence-corrected chi connectivity index (χ3v) is 7.21. The van der Waals surface area contributed by atoms with E-state index in [0.717, 1.165) is 22.4 Å². The molecule has 1 atom stereocenters. The second kappa shape index (κ2) is 10.6. The number of hydrogen-bond acceptors (Lipinski definition) is 6. The molecule has 1 unspecified atom stereocenters. The summed E-state index contributed by atoms with van der Waals surface area (Å²) in [7, 11) is 1.61. The molecule has 0 fully saturated rings. The van der Waals surface area contributed by atoms with E-state index in [2.05, 4.69) is 0 Å². The zero-order valence-corrected chi connectivity index (χ0v) is 21.8. The first-order valence-corrected chi connectivity index (χ1v) is 12.9. The van der Waals surface area contributed by atoms with Gasteiger partial charge in [-0.2, -0.15) is 0 Å². The fourth-order valence-corrected chi connectivity index (χ4v) is 5.38. The van der Waals surface area contributed by atoms with Crippen LogP contribution in [0.25, 0.3) is 11.8 Å². The van der Waals surface area contributed by atoms with Crippen molar-refractivity contribution >= 4 is 40.7 Å². The molecule has 4 aromatic rings. The fourth-order valence-electron chi connectivity index (χ4n) is 4.25. The van der Waals surface area contributed by atoms with Crippen LogP contribution in [0.4, 0.5) is 0 Å². The van der Waals surface area contributed by atoms with Gasteiger partial charge >= 0.3 is 5.97 Å². The summed E-state index contributed by atoms with van der Waals surface area (Å²) in [6.45, 7) is 1.95. The van der Waals surface area contributed by atoms with Crippen LogP contribution in [0.5, 0.6) is 5.75 Å². The van der Waals surface area contributed by atoms with E-state index in [0.29, 0.717) is 25.6 Å². The molecule has 0 radical (unpaired) electrons. The summed E-state index contributed by atoms with van der Waals surface area (Å²) in [4.78, 5) is 32.6. The summed E-state index contributed by atoms with van der Waals surface area (Å²) in [5, 5.41) is 0.556. The highest BCUT2D eigenvalue weighted by molar-refractivity contribution is 7.07. The summed E-state index contributed by atoms with van der Waals surface area (Å²) >= 11 is 7.45. The highest BCUT2D eigenvalue weighted by Gasteiger charge is 2.35. The molecular weight excluding hydrogens is 508 g/mol. The molecule has 1 aliphatic heterocycles. The van der Waals surface area contributed by atoms with Crippen LogP contribution >= 0.6 is 22.9 Å². The molecule has 1 aliphatic rings. The third-order valence-electron chi connectivity index (χ3n) is 5.97. The van der Waals surface area contributed by atoms with Gasteiger partial charge in [0.2, 0.25) is 0 Å². The summed E-state index contributed by atoms with van der Waals surface area (Å²) in [6.07, 6.45) is 1.82. The molecule has 2 heterocycles. The summed E-state index contributed by atoms with van der Waals surface area (Å²) in [6, 6.07) is 23.3. The lowest BCUT2D eigenvalue weighted by Crippen LogP contribution is -2.40. The lowest BCUT2D eigenvalue weighted by Gasteiger charge is -2.25. The molecule has 6 nitrogen and oxygen atoms in total. The van der Waals surface area contributed by atoms with Gasteiger partial charge in [-0.25, -0.2) is 9.79 Å². The molecule has 1 aromatic heterocycles. The van der Waals surface area contributed by atoms with Gasteiger partial charge in [-0.3, -0.25) is 9.36 Å². The van der Waals surface area contributed by atoms with Crippen LogP contribution in [-0.4, -0.2) is 24.3 Å². The first-order valence-electron chi connectivity index (χ1n) is 11.7. The molecule has 3 aromatic carbocycles. The zero-order chi connectivity index (χ0) is 25.9. The normalized spacial score (nSPS) is 15.2. The van der Waals surface area contributed by atoms with E-state index in [9.17, 15) is 9.59 Å². The quantitative estimate of drug-likeness (QED) is 0.342. The number of esters is 1. The Morgan fingerprint density at radius 2 is 1.76 bits per heavy atom. The Kier molecular flexibility index (Phi) is 7.08. The molecule has 0 saturated carbocycles. The van der Waals surface area contributed by atoms with Crippen LogP contribution in [0.15, 0.2) is 94.2 Å². The smallest absolute Gasteiger partial charge is 0.338 e. The summed E-state index contributed by atoms with van der Waals surface area (Å²) < 4.78 is 12.8. The Bertz CT molecular complexity index is 1650. The lowest BCUT2D eigenvalue weighted by atomic mass is 9.93. The maximum atomic E-state index is 13.8. The van der Waals surface area contributed by atoms with Crippen molar-refractivity contribution in [2.45, 2.75) is 13.0 Å². The maximum absolute atomic E-state index is 13.8. The van der Waals surface area contributed by atoms with Crippen molar-refractivity contribution in [3.8, 4) is 5.75 Å². The number of methoxy groups -OCH3 is 1. The molecule has 0 saturated heterocycles. The Morgan fingerprint density at radius 3 is 2.41 bits per heavy atom. The van der Waals surface area contributed by atoms with E-state index in [1.165, 1.54) is 11.3 Å². The summed E-state index contributed by atoms with van der Waals surface area (Å²) in [5.74, 6) is 0.211. The molecule has 186 valence electrons. The van der Waals surface area contributed by atoms with Crippen LogP contribution in [0.2, 0.25) is 5.02 Å². The monoisotopic (exact) mass is 530 g/mol. The highest BCUT2D eigenvalue weighted by Crippen LogP contribution is 2.35. The van der Waals surface area contributed by atoms with E-state index in [-0.39, 0.29) is 12.2 Å². The minimum Gasteiger partial charge on any atom is -0.497 e. The number of fused-ring (bicyclic) bond motifs is 1. The highest BCUT2D eigenvalue weighted by atomic mass is 35.5. The van der Waals surface area contributed by atoms with E-state index in [4.69, 9.17) is 26.1 Å². The van der Waals surface area contributed by atoms with E-state index in [1.54, 1.807) is 30.7 Å². The van der Waals surface area contributed by atoms with Gasteiger partial charge < -0.3 is 9.47 Å². The second-order valence-corrected chi connectivity index (χ2v) is 9.70. The van der Waals surface area contributed by atoms with Crippen LogP contribution in [0.1, 0.15) is 29.7 Å². The third kappa shape index (κ3) is 4.88. The molecule has 0 aliphatic carbocycles. The number of ether oxygens (including phenoxy) is 2. The van der Waals surface area contributed by atoms with Crippen molar-refractivity contribution in [3.63, 3.8) is 0 Å². The molecule has 0 N–H and O–H groups in total. The van der Waals surface area contributed by atoms with Gasteiger partial charge in [-0.15, -0.1) is 0 Å². The molecule has 5 rings (SSSR count). The van der Waals surface area contributed by atoms with Crippen LogP contribution in [-0.2, 0) is 9.53 Å². The Hall–Kier alpha value is -3.94. The second-order valence-electron chi connectivity index (χ2n) is 8.26. The Morgan fingerprint density at radius 1 is 1.05 bits per heavy atom. The average Bonchev–Trinajstić information content (AvgIpc) is 3.23. The lowest BCUT2D eigenvalue weighted by molar-refractivity contribution is -0.138. The molecule has 0 amide bonds. The van der Waals surface area contributed by atoms with Gasteiger partial charge in [0.1, 0.15) is 5.75 Å². The van der Waals surface area contributed by atoms with E-state index < -0.39 is 12.0 Å². The molecule has 37 heavy (non-hydrogen) atoms. The van der Waals surface area contributed by atoms with Crippen molar-refractivity contribution in [2.75, 3.05) is 13.7 Å². The summed E-state index contributed by atoms with van der Waals surface area (Å²) in [5.41, 5.74) is 2.88. The average molecular weight is 531 g/mol. The maximum Gasteiger partial charge on any atom is 0.338 e. The van der Waals surface area contributed by atoms with Crippen molar-refractivity contribution in [1.82, 2.24) is 4.57 Å². The van der Waals surface area contributed by atoms with Crippen molar-refractivity contribution in [3.05, 3.63) is 126 Å². The predicted molar refractivity (Wildman–Crippen MR) is 146 cm³/mol. The van der Waals surface area contributed by atoms with Gasteiger partial charge in [0.25, 0.3) is 5.56 Å². The predicted octanol–water partition coefficient (Wildman–Crippen LogP) is 4.60. The molecule has 8 heteroatoms. The number of nitrogens with zero attached hydrogens (tertiary/aromatic N) is 2. The van der Waals surface area contributed by atoms with Gasteiger partial charge in [0, 0.05) is 10.6 Å². The van der Waals surface area contributed by atoms with Crippen LogP contribution in [0.3, 0.4) is 0 Å². The zero-order valence-electron chi connectivity index (χ0n) is 20.2. The molecule has 0 bridgehead atoms. The topological polar surface area (TPSA) is 69.9 Å². The van der Waals surface area contributed by atoms with E-state index >= 15 is 0 Å². The van der Waals surface area contributed by atoms with Gasteiger partial charge in [0.05, 0.1) is 35.6 Å². The molecule has 0 spiro atoms. The Balaban J connectivity index is 1.80. The van der Waals surface area contributed by atoms with Crippen LogP contribution in [0, 0.1) is 0 Å². The number of thiazole rings is 1. The standard InChI is InChI=1S/C29H23ClN2O4S/c1-3-36-28(34)24-25(19-7-5-4-6-8-19)31-29-32(26(24)20-11-13-21(30)14-12-20)27(33)23(37-29)17-18-9-15-22(35-2)16-10-18/h4-17,26H,3H2,1-2H3/b23-17-. The van der Waals surface area contributed by atoms with Crippen LogP contribution < -0.4 is 19.6 Å². The first-order chi connectivity index (χ1) is 18.0. The van der Waals surface area contributed by atoms with E-state index in [1.807, 2.05) is 72.8 Å². The van der Waals surface area contributed by atoms with Gasteiger partial charge in [-0.05, 0) is 48.4 Å². The number of carbonyl (C=O) groups is 1. The number of aromatic nitrogens is 1. The number of benzene rings is 3. The minimum absolute atomic E-state index is 0.194. The van der Waals surface area contributed by atoms with Crippen molar-refractivity contribution in [1.29, 1.82) is 0 Å². The number of hydrogen-bond donors (Lipinski definition) is 0. The number of carbonyl (C=O) groups excluding carboxylic acids is 1. The first kappa shape index (κ1) is 24.7. The Labute approximate surface area is 222 Å². The van der Waals surface area contributed by atoms with Gasteiger partial charge in [0.15, 0.2) is 4.80 Å². The number of rotatable bonds is 6. The minimum atomic E-state index is -0.735. The SMILES string of the molecule is CCOC(=O)C1=C(c2ccccc2)N=c2s/c(=C\c3ccc(OC)cc3)c(=O)n2C1c1ccc(Cl)cc1. The van der Waals surface area contributed by atoms with Crippen molar-refractivity contribution < 1.29 is 14.3 Å². The fraction of sp³-hybridized carbons (Fsp3) is 0.138. The largest absolute Gasteiger partial charge is 0.497 e. The molecular formula is C29H23ClN2O4S. The number of halogens is 1.